The summed E-state index contributed by atoms with van der Waals surface area (Å²) in [5, 5.41) is 4.97. The Kier molecular flexibility index (Phi) is 7.91. The zero-order valence-electron chi connectivity index (χ0n) is 15.7. The van der Waals surface area contributed by atoms with Gasteiger partial charge in [-0.25, -0.2) is 9.59 Å². The number of hydrogen-bond donors (Lipinski definition) is 2. The molecule has 2 rings (SSSR count). The van der Waals surface area contributed by atoms with Gasteiger partial charge in [0.15, 0.2) is 13.2 Å². The SMILES string of the molecule is COc1ccc(OCC(=O)OCC(=O)NC(=O)N[C@H]2CCCC[C@H]2C)cc1. The van der Waals surface area contributed by atoms with Crippen LogP contribution in [0.3, 0.4) is 0 Å². The number of rotatable bonds is 7. The van der Waals surface area contributed by atoms with Gasteiger partial charge < -0.3 is 19.5 Å². The highest BCUT2D eigenvalue weighted by atomic mass is 16.6. The average molecular weight is 378 g/mol. The molecule has 1 saturated carbocycles. The summed E-state index contributed by atoms with van der Waals surface area (Å²) in [5.74, 6) is 0.129. The summed E-state index contributed by atoms with van der Waals surface area (Å²) >= 11 is 0. The van der Waals surface area contributed by atoms with Gasteiger partial charge in [0.2, 0.25) is 0 Å². The highest BCUT2D eigenvalue weighted by Gasteiger charge is 2.23. The van der Waals surface area contributed by atoms with Gasteiger partial charge in [0.25, 0.3) is 5.91 Å². The first kappa shape index (κ1) is 20.5. The quantitative estimate of drug-likeness (QED) is 0.704. The lowest BCUT2D eigenvalue weighted by molar-refractivity contribution is -0.150. The molecule has 8 nitrogen and oxygen atoms in total. The van der Waals surface area contributed by atoms with Crippen LogP contribution in [0, 0.1) is 5.92 Å². The van der Waals surface area contributed by atoms with Gasteiger partial charge in [-0.1, -0.05) is 19.8 Å². The van der Waals surface area contributed by atoms with E-state index in [-0.39, 0.29) is 12.6 Å². The van der Waals surface area contributed by atoms with Gasteiger partial charge in [0, 0.05) is 6.04 Å². The van der Waals surface area contributed by atoms with Crippen LogP contribution < -0.4 is 20.1 Å². The molecule has 1 aliphatic rings. The summed E-state index contributed by atoms with van der Waals surface area (Å²) in [6.07, 6.45) is 4.19. The van der Waals surface area contributed by atoms with Gasteiger partial charge in [-0.05, 0) is 43.0 Å². The van der Waals surface area contributed by atoms with Crippen molar-refractivity contribution in [1.29, 1.82) is 0 Å². The van der Waals surface area contributed by atoms with E-state index < -0.39 is 24.5 Å². The molecule has 0 bridgehead atoms. The summed E-state index contributed by atoms with van der Waals surface area (Å²) < 4.78 is 15.1. The Morgan fingerprint density at radius 2 is 1.70 bits per heavy atom. The van der Waals surface area contributed by atoms with Crippen molar-refractivity contribution in [2.75, 3.05) is 20.3 Å². The maximum absolute atomic E-state index is 11.9. The van der Waals surface area contributed by atoms with Crippen molar-refractivity contribution >= 4 is 17.9 Å². The molecule has 1 aliphatic carbocycles. The first-order valence-electron chi connectivity index (χ1n) is 9.00. The number of ether oxygens (including phenoxy) is 3. The van der Waals surface area contributed by atoms with Crippen molar-refractivity contribution in [3.8, 4) is 11.5 Å². The molecule has 1 aromatic rings. The fourth-order valence-corrected chi connectivity index (χ4v) is 2.90. The number of hydrogen-bond acceptors (Lipinski definition) is 6. The minimum atomic E-state index is -0.706. The summed E-state index contributed by atoms with van der Waals surface area (Å²) in [5.41, 5.74) is 0. The first-order valence-corrected chi connectivity index (χ1v) is 9.00. The van der Waals surface area contributed by atoms with Gasteiger partial charge >= 0.3 is 12.0 Å². The molecule has 0 spiro atoms. The molecule has 0 aromatic heterocycles. The standard InChI is InChI=1S/C19H26N2O6/c1-13-5-3-4-6-16(13)20-19(24)21-17(22)11-27-18(23)12-26-15-9-7-14(25-2)8-10-15/h7-10,13,16H,3-6,11-12H2,1-2H3,(H2,20,21,22,24)/t13-,16+/m1/s1. The van der Waals surface area contributed by atoms with E-state index in [2.05, 4.69) is 17.6 Å². The van der Waals surface area contributed by atoms with Crippen molar-refractivity contribution < 1.29 is 28.6 Å². The summed E-state index contributed by atoms with van der Waals surface area (Å²) in [4.78, 5) is 35.2. The number of urea groups is 1. The Labute approximate surface area is 158 Å². The summed E-state index contributed by atoms with van der Waals surface area (Å²) in [6, 6.07) is 6.18. The predicted octanol–water partition coefficient (Wildman–Crippen LogP) is 2.02. The number of esters is 1. The second-order valence-electron chi connectivity index (χ2n) is 6.51. The van der Waals surface area contributed by atoms with Gasteiger partial charge in [-0.2, -0.15) is 0 Å². The number of nitrogens with one attached hydrogen (secondary N) is 2. The van der Waals surface area contributed by atoms with Crippen LogP contribution >= 0.6 is 0 Å². The number of imide groups is 1. The van der Waals surface area contributed by atoms with Crippen molar-refractivity contribution in [3.63, 3.8) is 0 Å². The maximum atomic E-state index is 11.9. The second-order valence-corrected chi connectivity index (χ2v) is 6.51. The van der Waals surface area contributed by atoms with Gasteiger partial charge in [0.1, 0.15) is 11.5 Å². The first-order chi connectivity index (χ1) is 13.0. The van der Waals surface area contributed by atoms with E-state index in [1.165, 1.54) is 0 Å². The molecule has 2 atom stereocenters. The molecule has 0 radical (unpaired) electrons. The Balaban J connectivity index is 1.63. The molecule has 3 amide bonds. The largest absolute Gasteiger partial charge is 0.497 e. The van der Waals surface area contributed by atoms with E-state index in [4.69, 9.17) is 14.2 Å². The smallest absolute Gasteiger partial charge is 0.344 e. The number of methoxy groups -OCH3 is 1. The van der Waals surface area contributed by atoms with Crippen LogP contribution in [0.1, 0.15) is 32.6 Å². The van der Waals surface area contributed by atoms with Gasteiger partial charge in [0.05, 0.1) is 7.11 Å². The molecular formula is C19H26N2O6. The average Bonchev–Trinajstić information content (AvgIpc) is 2.67. The third-order valence-corrected chi connectivity index (χ3v) is 4.46. The van der Waals surface area contributed by atoms with E-state index in [1.807, 2.05) is 0 Å². The molecule has 1 aromatic carbocycles. The zero-order chi connectivity index (χ0) is 19.6. The molecule has 0 aliphatic heterocycles. The van der Waals surface area contributed by atoms with Crippen molar-refractivity contribution in [2.24, 2.45) is 5.92 Å². The predicted molar refractivity (Wildman–Crippen MR) is 97.5 cm³/mol. The fourth-order valence-electron chi connectivity index (χ4n) is 2.90. The molecule has 0 unspecified atom stereocenters. The third kappa shape index (κ3) is 7.16. The van der Waals surface area contributed by atoms with Crippen LogP contribution in [-0.2, 0) is 14.3 Å². The Hall–Kier alpha value is -2.77. The molecular weight excluding hydrogens is 352 g/mol. The maximum Gasteiger partial charge on any atom is 0.344 e. The lowest BCUT2D eigenvalue weighted by Gasteiger charge is -2.29. The van der Waals surface area contributed by atoms with Crippen molar-refractivity contribution in [2.45, 2.75) is 38.6 Å². The molecule has 148 valence electrons. The van der Waals surface area contributed by atoms with Crippen LogP contribution in [0.2, 0.25) is 0 Å². The minimum Gasteiger partial charge on any atom is -0.497 e. The van der Waals surface area contributed by atoms with Crippen LogP contribution in [0.15, 0.2) is 24.3 Å². The number of carbonyl (C=O) groups is 3. The normalized spacial score (nSPS) is 18.9. The lowest BCUT2D eigenvalue weighted by Crippen LogP contribution is -2.48. The van der Waals surface area contributed by atoms with Gasteiger partial charge in [-0.15, -0.1) is 0 Å². The molecule has 8 heteroatoms. The van der Waals surface area contributed by atoms with Crippen LogP contribution in [0.4, 0.5) is 4.79 Å². The highest BCUT2D eigenvalue weighted by molar-refractivity contribution is 5.95. The number of carbonyl (C=O) groups excluding carboxylic acids is 3. The summed E-state index contributed by atoms with van der Waals surface area (Å²) in [6.45, 7) is 1.19. The number of amides is 3. The Morgan fingerprint density at radius 3 is 2.37 bits per heavy atom. The topological polar surface area (TPSA) is 103 Å². The van der Waals surface area contributed by atoms with Crippen LogP contribution in [-0.4, -0.2) is 44.3 Å². The Bertz CT molecular complexity index is 646. The molecule has 1 fully saturated rings. The van der Waals surface area contributed by atoms with Gasteiger partial charge in [-0.3, -0.25) is 10.1 Å². The fraction of sp³-hybridized carbons (Fsp3) is 0.526. The molecule has 0 heterocycles. The number of benzene rings is 1. The molecule has 27 heavy (non-hydrogen) atoms. The summed E-state index contributed by atoms with van der Waals surface area (Å²) in [7, 11) is 1.55. The van der Waals surface area contributed by atoms with E-state index in [0.717, 1.165) is 25.7 Å². The second kappa shape index (κ2) is 10.4. The highest BCUT2D eigenvalue weighted by Crippen LogP contribution is 2.23. The third-order valence-electron chi connectivity index (χ3n) is 4.46. The zero-order valence-corrected chi connectivity index (χ0v) is 15.7. The van der Waals surface area contributed by atoms with Crippen LogP contribution in [0.5, 0.6) is 11.5 Å². The monoisotopic (exact) mass is 378 g/mol. The van der Waals surface area contributed by atoms with Crippen molar-refractivity contribution in [3.05, 3.63) is 24.3 Å². The van der Waals surface area contributed by atoms with E-state index >= 15 is 0 Å². The van der Waals surface area contributed by atoms with E-state index in [9.17, 15) is 14.4 Å². The Morgan fingerprint density at radius 1 is 1.04 bits per heavy atom. The van der Waals surface area contributed by atoms with E-state index in [0.29, 0.717) is 17.4 Å². The molecule has 0 saturated heterocycles. The van der Waals surface area contributed by atoms with Crippen LogP contribution in [0.25, 0.3) is 0 Å². The van der Waals surface area contributed by atoms with E-state index in [1.54, 1.807) is 31.4 Å². The molecule has 2 N–H and O–H groups in total. The van der Waals surface area contributed by atoms with Crippen molar-refractivity contribution in [1.82, 2.24) is 10.6 Å². The minimum absolute atomic E-state index is 0.0620. The lowest BCUT2D eigenvalue weighted by atomic mass is 9.86.